The third kappa shape index (κ3) is 8.07. The first-order chi connectivity index (χ1) is 18.2. The minimum atomic E-state index is 0.122. The molecule has 0 radical (unpaired) electrons. The number of hydrogen-bond donors (Lipinski definition) is 2. The molecule has 0 aliphatic heterocycles. The van der Waals surface area contributed by atoms with Gasteiger partial charge in [-0.15, -0.1) is 11.3 Å². The quantitative estimate of drug-likeness (QED) is 0.182. The van der Waals surface area contributed by atoms with Crippen molar-refractivity contribution in [3.8, 4) is 0 Å². The predicted molar refractivity (Wildman–Crippen MR) is 165 cm³/mol. The Balaban J connectivity index is 0.000000244. The van der Waals surface area contributed by atoms with E-state index in [1.165, 1.54) is 45.7 Å². The number of aromatic nitrogens is 1. The Labute approximate surface area is 232 Å². The van der Waals surface area contributed by atoms with Gasteiger partial charge in [0.1, 0.15) is 4.83 Å². The molecule has 1 aliphatic carbocycles. The maximum absolute atomic E-state index is 12.3. The number of aryl methyl sites for hydroxylation is 2. The highest BCUT2D eigenvalue weighted by Crippen LogP contribution is 2.38. The van der Waals surface area contributed by atoms with E-state index >= 15 is 0 Å². The highest BCUT2D eigenvalue weighted by Gasteiger charge is 2.29. The Bertz CT molecular complexity index is 1310. The molecule has 0 saturated heterocycles. The normalized spacial score (nSPS) is 15.7. The molecular weight excluding hydrogens is 486 g/mol. The molecule has 3 aromatic rings. The van der Waals surface area contributed by atoms with Crippen molar-refractivity contribution in [2.45, 2.75) is 53.9 Å². The van der Waals surface area contributed by atoms with E-state index in [1.807, 2.05) is 19.1 Å². The molecule has 0 bridgehead atoms. The number of nitrogens with zero attached hydrogens (tertiary/aromatic N) is 1. The Morgan fingerprint density at radius 3 is 2.71 bits per heavy atom. The number of hydrogen-bond acceptors (Lipinski definition) is 5. The number of fused-ring (bicyclic) bond motifs is 2. The number of ketones is 1. The fraction of sp³-hybridized carbons (Fsp3) is 0.394. The number of benzene rings is 1. The van der Waals surface area contributed by atoms with Gasteiger partial charge in [-0.2, -0.15) is 0 Å². The summed E-state index contributed by atoms with van der Waals surface area (Å²) in [4.78, 5) is 18.9. The van der Waals surface area contributed by atoms with E-state index < -0.39 is 0 Å². The molecule has 4 rings (SSSR count). The molecule has 0 amide bonds. The molecule has 0 saturated carbocycles. The lowest BCUT2D eigenvalue weighted by Crippen LogP contribution is -2.27. The van der Waals surface area contributed by atoms with Crippen molar-refractivity contribution >= 4 is 32.9 Å². The van der Waals surface area contributed by atoms with Crippen LogP contribution in [0.3, 0.4) is 0 Å². The molecule has 0 spiro atoms. The maximum Gasteiger partial charge on any atom is 0.186 e. The average Bonchev–Trinajstić information content (AvgIpc) is 3.30. The van der Waals surface area contributed by atoms with Crippen LogP contribution in [-0.2, 0) is 12.8 Å². The van der Waals surface area contributed by atoms with E-state index in [0.29, 0.717) is 31.0 Å². The van der Waals surface area contributed by atoms with E-state index in [-0.39, 0.29) is 5.78 Å². The summed E-state index contributed by atoms with van der Waals surface area (Å²) >= 11 is 1.51. The number of thiophene rings is 1. The number of nitrogens with one attached hydrogen (secondary N) is 1. The van der Waals surface area contributed by atoms with Gasteiger partial charge in [-0.3, -0.25) is 4.79 Å². The van der Waals surface area contributed by atoms with Crippen molar-refractivity contribution < 1.29 is 4.79 Å². The molecule has 4 nitrogen and oxygen atoms in total. The highest BCUT2D eigenvalue weighted by molar-refractivity contribution is 7.20. The molecule has 202 valence electrons. The maximum atomic E-state index is 12.3. The third-order valence-corrected chi connectivity index (χ3v) is 8.14. The number of pyridine rings is 1. The second-order valence-electron chi connectivity index (χ2n) is 11.0. The first kappa shape index (κ1) is 29.7. The van der Waals surface area contributed by atoms with Crippen LogP contribution in [0.4, 0.5) is 0 Å². The fourth-order valence-electron chi connectivity index (χ4n) is 4.75. The molecule has 1 aromatic carbocycles. The fourth-order valence-corrected chi connectivity index (χ4v) is 5.72. The smallest absolute Gasteiger partial charge is 0.186 e. The summed E-state index contributed by atoms with van der Waals surface area (Å²) in [7, 11) is 0. The monoisotopic (exact) mass is 529 g/mol. The Morgan fingerprint density at radius 1 is 1.26 bits per heavy atom. The summed E-state index contributed by atoms with van der Waals surface area (Å²) in [5.41, 5.74) is 12.1. The summed E-state index contributed by atoms with van der Waals surface area (Å²) in [6.45, 7) is 16.3. The minimum absolute atomic E-state index is 0.122. The second-order valence-corrected chi connectivity index (χ2v) is 12.0. The van der Waals surface area contributed by atoms with Gasteiger partial charge in [0.25, 0.3) is 0 Å². The number of nitrogens with two attached hydrogens (primary N) is 1. The van der Waals surface area contributed by atoms with Crippen LogP contribution in [0.5, 0.6) is 0 Å². The zero-order valence-corrected chi connectivity index (χ0v) is 24.5. The lowest BCUT2D eigenvalue weighted by Gasteiger charge is -2.34. The van der Waals surface area contributed by atoms with E-state index in [1.54, 1.807) is 6.08 Å². The molecule has 38 heavy (non-hydrogen) atoms. The van der Waals surface area contributed by atoms with Gasteiger partial charge in [0, 0.05) is 24.2 Å². The summed E-state index contributed by atoms with van der Waals surface area (Å²) in [5.74, 6) is 0.821. The van der Waals surface area contributed by atoms with Crippen molar-refractivity contribution in [3.05, 3.63) is 94.5 Å². The van der Waals surface area contributed by atoms with E-state index in [4.69, 9.17) is 10.7 Å². The van der Waals surface area contributed by atoms with Crippen LogP contribution in [0.15, 0.2) is 67.3 Å². The average molecular weight is 530 g/mol. The molecule has 2 heterocycles. The van der Waals surface area contributed by atoms with Crippen molar-refractivity contribution in [3.63, 3.8) is 0 Å². The minimum Gasteiger partial charge on any atom is -0.329 e. The van der Waals surface area contributed by atoms with Crippen LogP contribution in [0.1, 0.15) is 66.2 Å². The van der Waals surface area contributed by atoms with E-state index in [9.17, 15) is 4.79 Å². The van der Waals surface area contributed by atoms with Gasteiger partial charge in [0.2, 0.25) is 0 Å². The first-order valence-electron chi connectivity index (χ1n) is 13.5. The molecule has 1 unspecified atom stereocenters. The van der Waals surface area contributed by atoms with Crippen molar-refractivity contribution in [1.82, 2.24) is 10.3 Å². The molecule has 1 atom stereocenters. The van der Waals surface area contributed by atoms with Crippen LogP contribution in [0, 0.1) is 18.3 Å². The third-order valence-electron chi connectivity index (χ3n) is 7.05. The summed E-state index contributed by atoms with van der Waals surface area (Å²) in [6.07, 6.45) is 11.3. The topological polar surface area (TPSA) is 68.0 Å². The summed E-state index contributed by atoms with van der Waals surface area (Å²) < 4.78 is 0. The van der Waals surface area contributed by atoms with Crippen LogP contribution in [0.2, 0.25) is 0 Å². The van der Waals surface area contributed by atoms with Gasteiger partial charge < -0.3 is 11.1 Å². The molecule has 5 heteroatoms. The van der Waals surface area contributed by atoms with Gasteiger partial charge in [-0.05, 0) is 73.3 Å². The van der Waals surface area contributed by atoms with Crippen LogP contribution in [0.25, 0.3) is 15.8 Å². The molecular formula is C33H43N3OS. The summed E-state index contributed by atoms with van der Waals surface area (Å²) in [5, 5.41) is 4.17. The zero-order chi connectivity index (χ0) is 27.7. The van der Waals surface area contributed by atoms with Gasteiger partial charge >= 0.3 is 0 Å². The highest BCUT2D eigenvalue weighted by atomic mass is 32.1. The number of Topliss-reactive ketones (excluding diaryl/α,β-unsaturated/α-hetero) is 1. The summed E-state index contributed by atoms with van der Waals surface area (Å²) in [6, 6.07) is 12.7. The molecule has 3 N–H and O–H groups in total. The largest absolute Gasteiger partial charge is 0.329 e. The van der Waals surface area contributed by atoms with Gasteiger partial charge in [-0.25, -0.2) is 4.98 Å². The van der Waals surface area contributed by atoms with Crippen LogP contribution < -0.4 is 11.1 Å². The van der Waals surface area contributed by atoms with Crippen molar-refractivity contribution in [2.24, 2.45) is 17.1 Å². The zero-order valence-electron chi connectivity index (χ0n) is 23.6. The number of rotatable bonds is 8. The van der Waals surface area contributed by atoms with E-state index in [0.717, 1.165) is 27.9 Å². The van der Waals surface area contributed by atoms with Crippen molar-refractivity contribution in [2.75, 3.05) is 19.6 Å². The van der Waals surface area contributed by atoms with Crippen molar-refractivity contribution in [1.29, 1.82) is 0 Å². The van der Waals surface area contributed by atoms with Crippen LogP contribution >= 0.6 is 11.3 Å². The van der Waals surface area contributed by atoms with E-state index in [2.05, 4.69) is 82.1 Å². The second kappa shape index (κ2) is 13.8. The van der Waals surface area contributed by atoms with Gasteiger partial charge in [0.05, 0.1) is 11.4 Å². The standard InChI is InChI=1S/C19H27N3OS.C14H16/c1-19(2,3)14-4-5-15-12(9-14)8-13-10-17(24-18(13)22-15)16(23)11-21-7-6-20;1-4-6-9-13(5-2)14-10-7-8-12(3)11-14/h8,10,14,21H,4-7,9,11,20H2,1-3H3;4-11H,1H2,2-3H3/b;9-6-,13-5+. The number of allylic oxidation sites excluding steroid dienone is 5. The lowest BCUT2D eigenvalue weighted by molar-refractivity contribution is 0.0995. The lowest BCUT2D eigenvalue weighted by atomic mass is 9.71. The van der Waals surface area contributed by atoms with Crippen LogP contribution in [-0.4, -0.2) is 30.4 Å². The first-order valence-corrected chi connectivity index (χ1v) is 14.4. The SMILES string of the molecule is C=C/C=C\C(=C/C)c1cccc(C)c1.CC(C)(C)C1CCc2nc3sc(C(=O)CNCCN)cc3cc2C1. The Morgan fingerprint density at radius 2 is 2.05 bits per heavy atom. The molecule has 0 fully saturated rings. The van der Waals surface area contributed by atoms with Gasteiger partial charge in [0.15, 0.2) is 5.78 Å². The number of carbonyl (C=O) groups excluding carboxylic acids is 1. The molecule has 1 aliphatic rings. The predicted octanol–water partition coefficient (Wildman–Crippen LogP) is 7.32. The Hall–Kier alpha value is -2.86. The number of carbonyl (C=O) groups is 1. The van der Waals surface area contributed by atoms with Gasteiger partial charge in [-0.1, -0.05) is 81.5 Å². The Kier molecular flexibility index (Phi) is 10.8. The molecule has 2 aromatic heterocycles.